The second-order valence-electron chi connectivity index (χ2n) is 8.55. The van der Waals surface area contributed by atoms with E-state index in [0.29, 0.717) is 37.4 Å². The first-order chi connectivity index (χ1) is 16.2. The van der Waals surface area contributed by atoms with Gasteiger partial charge in [-0.05, 0) is 43.7 Å². The number of hydrogen-bond donors (Lipinski definition) is 2. The van der Waals surface area contributed by atoms with Crippen LogP contribution in [0, 0.1) is 17.5 Å². The lowest BCUT2D eigenvalue weighted by Crippen LogP contribution is -2.36. The number of halogens is 3. The monoisotopic (exact) mass is 484 g/mol. The van der Waals surface area contributed by atoms with Gasteiger partial charge in [-0.25, -0.2) is 13.2 Å². The van der Waals surface area contributed by atoms with E-state index < -0.39 is 23.5 Å². The normalized spacial score (nSPS) is 19.3. The molecule has 4 rings (SSSR count). The lowest BCUT2D eigenvalue weighted by molar-refractivity contribution is -0.133. The van der Waals surface area contributed by atoms with Crippen molar-refractivity contribution in [2.75, 3.05) is 20.3 Å². The molecular formula is C22H27F3N4O5. The largest absolute Gasteiger partial charge is 0.483 e. The summed E-state index contributed by atoms with van der Waals surface area (Å²) in [5.41, 5.74) is 5.77. The van der Waals surface area contributed by atoms with Gasteiger partial charge in [-0.15, -0.1) is 0 Å². The van der Waals surface area contributed by atoms with E-state index in [1.807, 2.05) is 0 Å². The standard InChI is InChI=1S/C21H25F3N4O3.CH2O2/c1-30-11-21(4-5-21)20-26-19(31-27-20)17-3-2-6-28(17)18(29)9-13(25)7-12-8-15(23)16(24)10-14(12)22;2-1-3/h8,10,13,17H,2-7,9,11,25H2,1H3;1H,(H,2,3). The molecule has 2 aliphatic rings. The third-order valence-corrected chi connectivity index (χ3v) is 6.06. The lowest BCUT2D eigenvalue weighted by atomic mass is 10.0. The van der Waals surface area contributed by atoms with Gasteiger partial charge in [0.1, 0.15) is 11.9 Å². The number of likely N-dealkylation sites (tertiary alicyclic amines) is 1. The second kappa shape index (κ2) is 11.0. The Hall–Kier alpha value is -2.99. The Bertz CT molecular complexity index is 1010. The molecule has 34 heavy (non-hydrogen) atoms. The van der Waals surface area contributed by atoms with Crippen LogP contribution in [0.2, 0.25) is 0 Å². The van der Waals surface area contributed by atoms with Crippen LogP contribution < -0.4 is 5.73 Å². The summed E-state index contributed by atoms with van der Waals surface area (Å²) in [7, 11) is 1.63. The highest BCUT2D eigenvalue weighted by atomic mass is 19.2. The molecule has 1 amide bonds. The smallest absolute Gasteiger partial charge is 0.290 e. The van der Waals surface area contributed by atoms with Crippen molar-refractivity contribution in [1.82, 2.24) is 15.0 Å². The van der Waals surface area contributed by atoms with Crippen LogP contribution in [0.4, 0.5) is 13.2 Å². The number of carbonyl (C=O) groups is 2. The van der Waals surface area contributed by atoms with E-state index in [9.17, 15) is 18.0 Å². The zero-order chi connectivity index (χ0) is 24.9. The van der Waals surface area contributed by atoms with Crippen LogP contribution in [-0.4, -0.2) is 58.8 Å². The molecule has 0 bridgehead atoms. The second-order valence-corrected chi connectivity index (χ2v) is 8.55. The summed E-state index contributed by atoms with van der Waals surface area (Å²) >= 11 is 0. The van der Waals surface area contributed by atoms with E-state index in [1.165, 1.54) is 0 Å². The number of ether oxygens (including phenoxy) is 1. The van der Waals surface area contributed by atoms with E-state index >= 15 is 0 Å². The summed E-state index contributed by atoms with van der Waals surface area (Å²) in [5, 5.41) is 11.0. The Balaban J connectivity index is 0.00000103. The van der Waals surface area contributed by atoms with Crippen LogP contribution in [-0.2, 0) is 26.2 Å². The number of nitrogens with two attached hydrogens (primary N) is 1. The van der Waals surface area contributed by atoms with Crippen LogP contribution >= 0.6 is 0 Å². The molecule has 0 radical (unpaired) electrons. The summed E-state index contributed by atoms with van der Waals surface area (Å²) in [5.74, 6) is -2.52. The SMILES string of the molecule is COCC1(c2noc(C3CCCN3C(=O)CC(N)Cc3cc(F)c(F)cc3F)n2)CC1.O=CO. The third kappa shape index (κ3) is 5.73. The van der Waals surface area contributed by atoms with Crippen molar-refractivity contribution in [2.24, 2.45) is 5.73 Å². The Morgan fingerprint density at radius 2 is 2.03 bits per heavy atom. The maximum Gasteiger partial charge on any atom is 0.290 e. The van der Waals surface area contributed by atoms with E-state index in [1.54, 1.807) is 12.0 Å². The first-order valence-corrected chi connectivity index (χ1v) is 10.8. The van der Waals surface area contributed by atoms with Crippen molar-refractivity contribution in [3.63, 3.8) is 0 Å². The summed E-state index contributed by atoms with van der Waals surface area (Å²) in [4.78, 5) is 27.4. The van der Waals surface area contributed by atoms with Crippen LogP contribution in [0.15, 0.2) is 16.7 Å². The van der Waals surface area contributed by atoms with Gasteiger partial charge in [-0.3, -0.25) is 9.59 Å². The number of aromatic nitrogens is 2. The number of rotatable bonds is 8. The highest BCUT2D eigenvalue weighted by molar-refractivity contribution is 5.77. The van der Waals surface area contributed by atoms with Crippen molar-refractivity contribution in [3.8, 4) is 0 Å². The van der Waals surface area contributed by atoms with Crippen molar-refractivity contribution in [3.05, 3.63) is 46.9 Å². The number of amides is 1. The molecule has 1 aromatic carbocycles. The van der Waals surface area contributed by atoms with Crippen LogP contribution in [0.5, 0.6) is 0 Å². The van der Waals surface area contributed by atoms with Gasteiger partial charge in [-0.1, -0.05) is 5.16 Å². The van der Waals surface area contributed by atoms with Gasteiger partial charge < -0.3 is 25.0 Å². The topological polar surface area (TPSA) is 132 Å². The Morgan fingerprint density at radius 3 is 2.68 bits per heavy atom. The molecule has 1 saturated carbocycles. The Kier molecular flexibility index (Phi) is 8.26. The predicted molar refractivity (Wildman–Crippen MR) is 112 cm³/mol. The molecule has 2 atom stereocenters. The van der Waals surface area contributed by atoms with Gasteiger partial charge in [0.05, 0.1) is 12.0 Å². The molecule has 1 aliphatic carbocycles. The van der Waals surface area contributed by atoms with E-state index in [-0.39, 0.29) is 42.2 Å². The molecule has 12 heteroatoms. The van der Waals surface area contributed by atoms with Crippen molar-refractivity contribution in [1.29, 1.82) is 0 Å². The zero-order valence-corrected chi connectivity index (χ0v) is 18.7. The zero-order valence-electron chi connectivity index (χ0n) is 18.7. The maximum atomic E-state index is 13.9. The van der Waals surface area contributed by atoms with E-state index in [0.717, 1.165) is 25.3 Å². The van der Waals surface area contributed by atoms with E-state index in [4.69, 9.17) is 24.9 Å². The van der Waals surface area contributed by atoms with Crippen molar-refractivity contribution in [2.45, 2.75) is 56.0 Å². The first kappa shape index (κ1) is 25.6. The van der Waals surface area contributed by atoms with Gasteiger partial charge in [0.25, 0.3) is 6.47 Å². The van der Waals surface area contributed by atoms with E-state index in [2.05, 4.69) is 10.1 Å². The number of hydrogen-bond acceptors (Lipinski definition) is 7. The summed E-state index contributed by atoms with van der Waals surface area (Å²) < 4.78 is 51.1. The van der Waals surface area contributed by atoms with Crippen molar-refractivity contribution >= 4 is 12.4 Å². The molecular weight excluding hydrogens is 457 g/mol. The molecule has 186 valence electrons. The fourth-order valence-electron chi connectivity index (χ4n) is 4.18. The molecule has 1 saturated heterocycles. The molecule has 2 unspecified atom stereocenters. The number of carbonyl (C=O) groups excluding carboxylic acids is 1. The Morgan fingerprint density at radius 1 is 1.35 bits per heavy atom. The fourth-order valence-corrected chi connectivity index (χ4v) is 4.18. The lowest BCUT2D eigenvalue weighted by Gasteiger charge is -2.23. The minimum atomic E-state index is -1.26. The first-order valence-electron chi connectivity index (χ1n) is 10.8. The molecule has 1 aliphatic heterocycles. The van der Waals surface area contributed by atoms with Gasteiger partial charge >= 0.3 is 0 Å². The Labute approximate surface area is 194 Å². The minimum Gasteiger partial charge on any atom is -0.483 e. The molecule has 3 N–H and O–H groups in total. The summed E-state index contributed by atoms with van der Waals surface area (Å²) in [6, 6.07) is 0.183. The average molecular weight is 484 g/mol. The molecule has 2 heterocycles. The van der Waals surface area contributed by atoms with Crippen LogP contribution in [0.1, 0.15) is 55.4 Å². The predicted octanol–water partition coefficient (Wildman–Crippen LogP) is 2.49. The quantitative estimate of drug-likeness (QED) is 0.432. The maximum absolute atomic E-state index is 13.9. The number of benzene rings is 1. The van der Waals surface area contributed by atoms with Crippen molar-refractivity contribution < 1.29 is 37.1 Å². The van der Waals surface area contributed by atoms with Gasteiger partial charge in [0.2, 0.25) is 11.8 Å². The minimum absolute atomic E-state index is 0.0633. The molecule has 9 nitrogen and oxygen atoms in total. The fraction of sp³-hybridized carbons (Fsp3) is 0.545. The van der Waals surface area contributed by atoms with Crippen LogP contribution in [0.3, 0.4) is 0 Å². The van der Waals surface area contributed by atoms with Gasteiger partial charge in [0, 0.05) is 32.2 Å². The number of methoxy groups -OCH3 is 1. The third-order valence-electron chi connectivity index (χ3n) is 6.06. The summed E-state index contributed by atoms with van der Waals surface area (Å²) in [6.07, 6.45) is 3.19. The number of carboxylic acid groups (broad SMARTS) is 1. The summed E-state index contributed by atoms with van der Waals surface area (Å²) in [6.45, 7) is 0.797. The molecule has 2 aromatic rings. The molecule has 1 aromatic heterocycles. The molecule has 2 fully saturated rings. The van der Waals surface area contributed by atoms with Gasteiger partial charge in [-0.2, -0.15) is 4.98 Å². The number of nitrogens with zero attached hydrogens (tertiary/aromatic N) is 3. The molecule has 0 spiro atoms. The highest BCUT2D eigenvalue weighted by Gasteiger charge is 2.49. The van der Waals surface area contributed by atoms with Gasteiger partial charge in [0.15, 0.2) is 17.5 Å². The highest BCUT2D eigenvalue weighted by Crippen LogP contribution is 2.47. The van der Waals surface area contributed by atoms with Crippen LogP contribution in [0.25, 0.3) is 0 Å². The average Bonchev–Trinajstić information content (AvgIpc) is 3.18.